The average Bonchev–Trinajstić information content (AvgIpc) is 2.85. The summed E-state index contributed by atoms with van der Waals surface area (Å²) >= 11 is 0. The molecule has 0 aliphatic heterocycles. The van der Waals surface area contributed by atoms with Gasteiger partial charge >= 0.3 is 0 Å². The molecule has 0 unspecified atom stereocenters. The van der Waals surface area contributed by atoms with Crippen LogP contribution in [0, 0.1) is 13.8 Å². The number of carbonyl (C=O) groups excluding carboxylic acids is 1. The fourth-order valence-corrected chi connectivity index (χ4v) is 3.57. The van der Waals surface area contributed by atoms with Gasteiger partial charge in [-0.3, -0.25) is 14.9 Å². The predicted octanol–water partition coefficient (Wildman–Crippen LogP) is 0.358. The van der Waals surface area contributed by atoms with E-state index >= 15 is 0 Å². The van der Waals surface area contributed by atoms with Crippen LogP contribution in [-0.4, -0.2) is 47.4 Å². The summed E-state index contributed by atoms with van der Waals surface area (Å²) in [5.41, 5.74) is 1.72. The minimum atomic E-state index is -3.77. The van der Waals surface area contributed by atoms with Gasteiger partial charge in [-0.25, -0.2) is 8.42 Å². The van der Waals surface area contributed by atoms with Crippen molar-refractivity contribution in [3.05, 3.63) is 41.5 Å². The Hall–Kier alpha value is -2.26. The number of hydrogen-bond donors (Lipinski definition) is 2. The van der Waals surface area contributed by atoms with E-state index in [9.17, 15) is 13.2 Å². The number of rotatable bonds is 6. The molecule has 2 rings (SSSR count). The van der Waals surface area contributed by atoms with Crippen molar-refractivity contribution < 1.29 is 13.2 Å². The van der Waals surface area contributed by atoms with E-state index in [1.807, 2.05) is 0 Å². The summed E-state index contributed by atoms with van der Waals surface area (Å²) in [5.74, 6) is -0.383. The molecule has 0 aromatic carbocycles. The van der Waals surface area contributed by atoms with Gasteiger partial charge in [0.2, 0.25) is 15.9 Å². The van der Waals surface area contributed by atoms with Gasteiger partial charge in [0.25, 0.3) is 0 Å². The predicted molar refractivity (Wildman–Crippen MR) is 84.0 cm³/mol. The molecule has 0 bridgehead atoms. The molecule has 0 saturated heterocycles. The van der Waals surface area contributed by atoms with Gasteiger partial charge < -0.3 is 5.32 Å². The zero-order valence-electron chi connectivity index (χ0n) is 13.2. The summed E-state index contributed by atoms with van der Waals surface area (Å²) < 4.78 is 26.1. The highest BCUT2D eigenvalue weighted by Crippen LogP contribution is 2.20. The molecule has 0 spiro atoms. The number of hydrogen-bond acceptors (Lipinski definition) is 5. The van der Waals surface area contributed by atoms with E-state index in [0.29, 0.717) is 17.9 Å². The zero-order valence-corrected chi connectivity index (χ0v) is 14.0. The van der Waals surface area contributed by atoms with Crippen molar-refractivity contribution in [1.82, 2.24) is 24.8 Å². The number of H-pyrrole nitrogens is 1. The third-order valence-corrected chi connectivity index (χ3v) is 5.40. The van der Waals surface area contributed by atoms with Crippen molar-refractivity contribution in [2.24, 2.45) is 0 Å². The third-order valence-electron chi connectivity index (χ3n) is 3.33. The molecule has 0 aliphatic carbocycles. The molecule has 23 heavy (non-hydrogen) atoms. The van der Waals surface area contributed by atoms with Crippen molar-refractivity contribution >= 4 is 15.9 Å². The Labute approximate surface area is 135 Å². The molecule has 0 atom stereocenters. The topological polar surface area (TPSA) is 108 Å². The number of nitrogens with one attached hydrogen (secondary N) is 2. The van der Waals surface area contributed by atoms with E-state index in [1.54, 1.807) is 38.4 Å². The first kappa shape index (κ1) is 17.1. The van der Waals surface area contributed by atoms with Crippen molar-refractivity contribution in [2.45, 2.75) is 25.3 Å². The van der Waals surface area contributed by atoms with Crippen molar-refractivity contribution in [3.63, 3.8) is 0 Å². The summed E-state index contributed by atoms with van der Waals surface area (Å²) in [6.45, 7) is 3.29. The second-order valence-corrected chi connectivity index (χ2v) is 7.14. The van der Waals surface area contributed by atoms with Gasteiger partial charge in [-0.1, -0.05) is 0 Å². The van der Waals surface area contributed by atoms with Gasteiger partial charge in [0.1, 0.15) is 4.90 Å². The van der Waals surface area contributed by atoms with Crippen LogP contribution in [0.4, 0.5) is 0 Å². The van der Waals surface area contributed by atoms with Crippen LogP contribution in [0.5, 0.6) is 0 Å². The number of likely N-dealkylation sites (N-methyl/N-ethyl adjacent to an activating group) is 1. The minimum absolute atomic E-state index is 0.113. The first-order valence-electron chi connectivity index (χ1n) is 6.96. The molecule has 2 N–H and O–H groups in total. The first-order chi connectivity index (χ1) is 10.8. The lowest BCUT2D eigenvalue weighted by Crippen LogP contribution is -2.38. The molecule has 1 amide bonds. The molecule has 124 valence electrons. The standard InChI is InChI=1S/C14H19N5O3S/c1-10-14(11(2)18-17-10)23(21,22)19(3)9-13(20)16-8-12-4-6-15-7-5-12/h4-7H,8-9H2,1-3H3,(H,16,20)(H,17,18). The third kappa shape index (κ3) is 3.93. The van der Waals surface area contributed by atoms with E-state index in [2.05, 4.69) is 20.5 Å². The van der Waals surface area contributed by atoms with Gasteiger partial charge in [-0.05, 0) is 31.5 Å². The maximum absolute atomic E-state index is 12.5. The van der Waals surface area contributed by atoms with Crippen molar-refractivity contribution in [1.29, 1.82) is 0 Å². The van der Waals surface area contributed by atoms with Crippen LogP contribution in [0.1, 0.15) is 17.0 Å². The Balaban J connectivity index is 2.01. The van der Waals surface area contributed by atoms with Crippen LogP contribution in [-0.2, 0) is 21.4 Å². The normalized spacial score (nSPS) is 11.7. The highest BCUT2D eigenvalue weighted by Gasteiger charge is 2.28. The van der Waals surface area contributed by atoms with Crippen LogP contribution in [0.25, 0.3) is 0 Å². The molecule has 2 heterocycles. The molecule has 9 heteroatoms. The fraction of sp³-hybridized carbons (Fsp3) is 0.357. The Bertz CT molecular complexity index is 766. The Morgan fingerprint density at radius 1 is 1.30 bits per heavy atom. The van der Waals surface area contributed by atoms with E-state index in [4.69, 9.17) is 0 Å². The Kier molecular flexibility index (Phi) is 5.12. The lowest BCUT2D eigenvalue weighted by molar-refractivity contribution is -0.121. The van der Waals surface area contributed by atoms with Crippen LogP contribution in [0.2, 0.25) is 0 Å². The first-order valence-corrected chi connectivity index (χ1v) is 8.40. The van der Waals surface area contributed by atoms with Crippen LogP contribution in [0.15, 0.2) is 29.4 Å². The zero-order chi connectivity index (χ0) is 17.0. The summed E-state index contributed by atoms with van der Waals surface area (Å²) in [6, 6.07) is 3.55. The van der Waals surface area contributed by atoms with Gasteiger partial charge in [0, 0.05) is 26.0 Å². The lowest BCUT2D eigenvalue weighted by Gasteiger charge is -2.17. The van der Waals surface area contributed by atoms with Crippen molar-refractivity contribution in [3.8, 4) is 0 Å². The van der Waals surface area contributed by atoms with Crippen LogP contribution >= 0.6 is 0 Å². The van der Waals surface area contributed by atoms with E-state index in [1.165, 1.54) is 7.05 Å². The SMILES string of the molecule is Cc1n[nH]c(C)c1S(=O)(=O)N(C)CC(=O)NCc1ccncc1. The van der Waals surface area contributed by atoms with E-state index < -0.39 is 10.0 Å². The monoisotopic (exact) mass is 337 g/mol. The summed E-state index contributed by atoms with van der Waals surface area (Å²) in [7, 11) is -2.40. The number of pyridine rings is 1. The molecule has 0 aliphatic rings. The second kappa shape index (κ2) is 6.88. The number of nitrogens with zero attached hydrogens (tertiary/aromatic N) is 3. The number of aromatic amines is 1. The number of sulfonamides is 1. The summed E-state index contributed by atoms with van der Waals surface area (Å²) in [4.78, 5) is 16.0. The molecule has 0 saturated carbocycles. The molecule has 8 nitrogen and oxygen atoms in total. The van der Waals surface area contributed by atoms with Gasteiger partial charge in [0.15, 0.2) is 0 Å². The second-order valence-electron chi connectivity index (χ2n) is 5.16. The quantitative estimate of drug-likeness (QED) is 0.791. The number of amides is 1. The molecular formula is C14H19N5O3S. The van der Waals surface area contributed by atoms with Crippen molar-refractivity contribution in [2.75, 3.05) is 13.6 Å². The number of carbonyl (C=O) groups is 1. The summed E-state index contributed by atoms with van der Waals surface area (Å²) in [6.07, 6.45) is 3.26. The van der Waals surface area contributed by atoms with Crippen LogP contribution < -0.4 is 5.32 Å². The summed E-state index contributed by atoms with van der Waals surface area (Å²) in [5, 5.41) is 9.20. The van der Waals surface area contributed by atoms with Gasteiger partial charge in [0.05, 0.1) is 17.9 Å². The van der Waals surface area contributed by atoms with Gasteiger partial charge in [-0.15, -0.1) is 0 Å². The maximum atomic E-state index is 12.5. The van der Waals surface area contributed by atoms with E-state index in [0.717, 1.165) is 9.87 Å². The highest BCUT2D eigenvalue weighted by atomic mass is 32.2. The molecular weight excluding hydrogens is 318 g/mol. The highest BCUT2D eigenvalue weighted by molar-refractivity contribution is 7.89. The smallest absolute Gasteiger partial charge is 0.246 e. The minimum Gasteiger partial charge on any atom is -0.351 e. The number of aromatic nitrogens is 3. The molecule has 0 radical (unpaired) electrons. The Morgan fingerprint density at radius 2 is 1.96 bits per heavy atom. The Morgan fingerprint density at radius 3 is 2.52 bits per heavy atom. The number of aryl methyl sites for hydroxylation is 2. The lowest BCUT2D eigenvalue weighted by atomic mass is 10.3. The maximum Gasteiger partial charge on any atom is 0.246 e. The van der Waals surface area contributed by atoms with Gasteiger partial charge in [-0.2, -0.15) is 9.40 Å². The molecule has 2 aromatic heterocycles. The fourth-order valence-electron chi connectivity index (χ4n) is 2.12. The van der Waals surface area contributed by atoms with E-state index in [-0.39, 0.29) is 17.3 Å². The molecule has 0 fully saturated rings. The average molecular weight is 337 g/mol. The molecule has 2 aromatic rings. The largest absolute Gasteiger partial charge is 0.351 e. The van der Waals surface area contributed by atoms with Crippen LogP contribution in [0.3, 0.4) is 0 Å².